The first-order valence-corrected chi connectivity index (χ1v) is 4.21. The highest BCUT2D eigenvalue weighted by Crippen LogP contribution is 2.05. The van der Waals surface area contributed by atoms with E-state index in [0.29, 0.717) is 23.7 Å². The van der Waals surface area contributed by atoms with E-state index >= 15 is 0 Å². The molecule has 0 aliphatic rings. The summed E-state index contributed by atoms with van der Waals surface area (Å²) in [6.07, 6.45) is 4.78. The van der Waals surface area contributed by atoms with Gasteiger partial charge in [-0.15, -0.1) is 0 Å². The normalized spacial score (nSPS) is 10.4. The molecule has 6 nitrogen and oxygen atoms in total. The molecule has 0 unspecified atom stereocenters. The third kappa shape index (κ3) is 1.74. The Balaban J connectivity index is 2.32. The summed E-state index contributed by atoms with van der Waals surface area (Å²) in [6, 6.07) is 0. The van der Waals surface area contributed by atoms with Gasteiger partial charge in [0.05, 0.1) is 12.8 Å². The average Bonchev–Trinajstić information content (AvgIpc) is 2.26. The van der Waals surface area contributed by atoms with Crippen molar-refractivity contribution in [1.29, 1.82) is 0 Å². The molecular weight excluding hydrogens is 182 g/mol. The number of nitrogens with one attached hydrogen (secondary N) is 1. The molecule has 14 heavy (non-hydrogen) atoms. The number of hydrogen-bond donors (Lipinski definition) is 1. The van der Waals surface area contributed by atoms with Crippen molar-refractivity contribution >= 4 is 17.1 Å². The summed E-state index contributed by atoms with van der Waals surface area (Å²) in [4.78, 5) is 21.1. The van der Waals surface area contributed by atoms with Gasteiger partial charge in [0.15, 0.2) is 5.65 Å². The summed E-state index contributed by atoms with van der Waals surface area (Å²) >= 11 is 0. The minimum Gasteiger partial charge on any atom is -0.274 e. The Kier molecular flexibility index (Phi) is 2.46. The minimum atomic E-state index is 0.389. The smallest absolute Gasteiger partial charge is 0.249 e. The molecule has 1 N–H and O–H groups in total. The third-order valence-electron chi connectivity index (χ3n) is 1.53. The predicted molar refractivity (Wildman–Crippen MR) is 50.4 cm³/mol. The molecule has 0 bridgehead atoms. The van der Waals surface area contributed by atoms with Gasteiger partial charge in [0.25, 0.3) is 0 Å². The molecule has 6 heteroatoms. The second-order valence-electron chi connectivity index (χ2n) is 2.49. The van der Waals surface area contributed by atoms with Gasteiger partial charge in [-0.25, -0.2) is 20.4 Å². The van der Waals surface area contributed by atoms with Gasteiger partial charge in [-0.05, 0) is 6.92 Å². The second-order valence-corrected chi connectivity index (χ2v) is 2.49. The Hall–Kier alpha value is -1.82. The van der Waals surface area contributed by atoms with Crippen molar-refractivity contribution in [3.05, 3.63) is 18.6 Å². The molecule has 0 radical (unpaired) electrons. The van der Waals surface area contributed by atoms with Crippen molar-refractivity contribution in [2.24, 2.45) is 0 Å². The second kappa shape index (κ2) is 3.93. The standard InChI is InChI=1S/C8H9N5O/c1-2-14-13-8-11-5-6-7(12-8)10-4-3-9-6/h3-5H,2H2,1H3,(H,10,11,12,13). The lowest BCUT2D eigenvalue weighted by Gasteiger charge is -2.02. The Bertz CT molecular complexity index is 433. The number of fused-ring (bicyclic) bond motifs is 1. The highest BCUT2D eigenvalue weighted by Gasteiger charge is 1.99. The van der Waals surface area contributed by atoms with E-state index in [1.54, 1.807) is 18.6 Å². The molecule has 0 saturated carbocycles. The number of aromatic nitrogens is 4. The summed E-state index contributed by atoms with van der Waals surface area (Å²) in [6.45, 7) is 2.41. The molecule has 0 aliphatic heterocycles. The number of rotatable bonds is 3. The van der Waals surface area contributed by atoms with E-state index in [1.807, 2.05) is 6.92 Å². The molecule has 2 aromatic rings. The summed E-state index contributed by atoms with van der Waals surface area (Å²) in [7, 11) is 0. The monoisotopic (exact) mass is 191 g/mol. The van der Waals surface area contributed by atoms with Gasteiger partial charge in [-0.3, -0.25) is 4.84 Å². The quantitative estimate of drug-likeness (QED) is 0.723. The Morgan fingerprint density at radius 3 is 3.00 bits per heavy atom. The van der Waals surface area contributed by atoms with Crippen molar-refractivity contribution in [1.82, 2.24) is 19.9 Å². The average molecular weight is 191 g/mol. The maximum Gasteiger partial charge on any atom is 0.249 e. The van der Waals surface area contributed by atoms with Gasteiger partial charge in [0.2, 0.25) is 5.95 Å². The Morgan fingerprint density at radius 1 is 1.29 bits per heavy atom. The largest absolute Gasteiger partial charge is 0.274 e. The van der Waals surface area contributed by atoms with E-state index in [0.717, 1.165) is 0 Å². The van der Waals surface area contributed by atoms with E-state index < -0.39 is 0 Å². The molecule has 0 aliphatic carbocycles. The molecule has 0 atom stereocenters. The van der Waals surface area contributed by atoms with Gasteiger partial charge in [0.1, 0.15) is 5.52 Å². The molecule has 0 amide bonds. The minimum absolute atomic E-state index is 0.389. The lowest BCUT2D eigenvalue weighted by molar-refractivity contribution is 0.207. The molecule has 72 valence electrons. The maximum atomic E-state index is 4.95. The molecule has 0 saturated heterocycles. The van der Waals surface area contributed by atoms with Crippen LogP contribution in [0.5, 0.6) is 0 Å². The lowest BCUT2D eigenvalue weighted by Crippen LogP contribution is -2.04. The number of hydrogen-bond acceptors (Lipinski definition) is 6. The van der Waals surface area contributed by atoms with Crippen LogP contribution >= 0.6 is 0 Å². The molecule has 0 fully saturated rings. The van der Waals surface area contributed by atoms with Crippen molar-refractivity contribution in [3.8, 4) is 0 Å². The molecule has 2 aromatic heterocycles. The summed E-state index contributed by atoms with van der Waals surface area (Å²) in [5, 5.41) is 0. The predicted octanol–water partition coefficient (Wildman–Crippen LogP) is 0.783. The van der Waals surface area contributed by atoms with E-state index in [9.17, 15) is 0 Å². The molecular formula is C8H9N5O. The number of anilines is 1. The van der Waals surface area contributed by atoms with Crippen LogP contribution in [0.15, 0.2) is 18.6 Å². The first kappa shape index (κ1) is 8.76. The van der Waals surface area contributed by atoms with Crippen LogP contribution in [0, 0.1) is 0 Å². The molecule has 0 spiro atoms. The zero-order valence-corrected chi connectivity index (χ0v) is 7.64. The Morgan fingerprint density at radius 2 is 2.14 bits per heavy atom. The van der Waals surface area contributed by atoms with Crippen LogP contribution in [0.3, 0.4) is 0 Å². The summed E-state index contributed by atoms with van der Waals surface area (Å²) < 4.78 is 0. The zero-order valence-electron chi connectivity index (χ0n) is 7.64. The van der Waals surface area contributed by atoms with E-state index in [1.165, 1.54) is 0 Å². The lowest BCUT2D eigenvalue weighted by atomic mass is 10.5. The van der Waals surface area contributed by atoms with Crippen molar-refractivity contribution in [2.75, 3.05) is 12.1 Å². The fourth-order valence-electron chi connectivity index (χ4n) is 0.956. The van der Waals surface area contributed by atoms with Crippen molar-refractivity contribution in [2.45, 2.75) is 6.92 Å². The van der Waals surface area contributed by atoms with Crippen LogP contribution in [-0.2, 0) is 4.84 Å². The van der Waals surface area contributed by atoms with Crippen LogP contribution in [0.4, 0.5) is 5.95 Å². The maximum absolute atomic E-state index is 4.95. The van der Waals surface area contributed by atoms with E-state index in [2.05, 4.69) is 25.4 Å². The highest BCUT2D eigenvalue weighted by molar-refractivity contribution is 5.68. The van der Waals surface area contributed by atoms with Gasteiger partial charge in [0, 0.05) is 12.4 Å². The molecule has 0 aromatic carbocycles. The topological polar surface area (TPSA) is 72.8 Å². The van der Waals surface area contributed by atoms with Crippen LogP contribution < -0.4 is 5.48 Å². The Labute approximate surface area is 80.3 Å². The molecule has 2 rings (SSSR count). The fraction of sp³-hybridized carbons (Fsp3) is 0.250. The van der Waals surface area contributed by atoms with Gasteiger partial charge in [-0.2, -0.15) is 4.98 Å². The SMILES string of the molecule is CCONc1ncc2nccnc2n1. The van der Waals surface area contributed by atoms with Crippen molar-refractivity contribution < 1.29 is 4.84 Å². The first-order chi connectivity index (χ1) is 6.90. The van der Waals surface area contributed by atoms with Crippen molar-refractivity contribution in [3.63, 3.8) is 0 Å². The van der Waals surface area contributed by atoms with Crippen LogP contribution in [0.1, 0.15) is 6.92 Å². The summed E-state index contributed by atoms with van der Waals surface area (Å²) in [5.41, 5.74) is 3.80. The zero-order chi connectivity index (χ0) is 9.80. The van der Waals surface area contributed by atoms with Crippen LogP contribution in [-0.4, -0.2) is 26.5 Å². The molecule has 2 heterocycles. The van der Waals surface area contributed by atoms with Gasteiger partial charge >= 0.3 is 0 Å². The summed E-state index contributed by atoms with van der Waals surface area (Å²) in [5.74, 6) is 0.389. The first-order valence-electron chi connectivity index (χ1n) is 4.21. The van der Waals surface area contributed by atoms with E-state index in [-0.39, 0.29) is 0 Å². The van der Waals surface area contributed by atoms with Crippen LogP contribution in [0.2, 0.25) is 0 Å². The van der Waals surface area contributed by atoms with Gasteiger partial charge < -0.3 is 0 Å². The highest BCUT2D eigenvalue weighted by atomic mass is 16.6. The third-order valence-corrected chi connectivity index (χ3v) is 1.53. The fourth-order valence-corrected chi connectivity index (χ4v) is 0.956. The van der Waals surface area contributed by atoms with Gasteiger partial charge in [-0.1, -0.05) is 0 Å². The van der Waals surface area contributed by atoms with E-state index in [4.69, 9.17) is 4.84 Å². The number of nitrogens with zero attached hydrogens (tertiary/aromatic N) is 4. The van der Waals surface area contributed by atoms with Crippen LogP contribution in [0.25, 0.3) is 11.2 Å².